The number of imidazole rings is 1. The molecule has 114 valence electrons. The van der Waals surface area contributed by atoms with Crippen molar-refractivity contribution in [3.63, 3.8) is 0 Å². The topological polar surface area (TPSA) is 166 Å². The second-order valence-electron chi connectivity index (χ2n) is 4.56. The highest BCUT2D eigenvalue weighted by molar-refractivity contribution is 7.97. The molecular weight excluding hydrogens is 300 g/mol. The molecule has 3 heterocycles. The summed E-state index contributed by atoms with van der Waals surface area (Å²) in [4.78, 5) is 12.2. The summed E-state index contributed by atoms with van der Waals surface area (Å²) in [6.45, 7) is -0.414. The first kappa shape index (κ1) is 14.4. The van der Waals surface area contributed by atoms with Crippen LogP contribution in [-0.4, -0.2) is 59.8 Å². The number of ether oxygens (including phenoxy) is 1. The standard InChI is InChI=1S/C10H14N6O4S/c11-10-14-7-4(8(15-10)21-12)13-2-16(7)9-6(19)5(18)3(1-17)20-9/h2-3,5-6,9,17-19H,1,12H2,(H2,11,14,15). The van der Waals surface area contributed by atoms with E-state index in [1.807, 2.05) is 0 Å². The largest absolute Gasteiger partial charge is 0.394 e. The fourth-order valence-corrected chi connectivity index (χ4v) is 2.69. The van der Waals surface area contributed by atoms with Gasteiger partial charge >= 0.3 is 0 Å². The van der Waals surface area contributed by atoms with Crippen molar-refractivity contribution in [1.82, 2.24) is 19.5 Å². The molecule has 1 aliphatic rings. The summed E-state index contributed by atoms with van der Waals surface area (Å²) in [7, 11) is 0. The molecule has 21 heavy (non-hydrogen) atoms. The molecule has 4 unspecified atom stereocenters. The maximum absolute atomic E-state index is 10.0. The molecule has 0 radical (unpaired) electrons. The Morgan fingerprint density at radius 2 is 2.10 bits per heavy atom. The number of hydrogen-bond donors (Lipinski definition) is 5. The van der Waals surface area contributed by atoms with Gasteiger partial charge in [0.2, 0.25) is 5.95 Å². The highest BCUT2D eigenvalue weighted by atomic mass is 32.2. The molecule has 1 fully saturated rings. The van der Waals surface area contributed by atoms with Gasteiger partial charge in [-0.1, -0.05) is 0 Å². The van der Waals surface area contributed by atoms with Crippen molar-refractivity contribution in [1.29, 1.82) is 0 Å². The number of aromatic nitrogens is 4. The SMILES string of the molecule is NSc1nc(N)nc2c1ncn2C1OC(CO)C(O)C1O. The van der Waals surface area contributed by atoms with Crippen LogP contribution in [0.15, 0.2) is 11.4 Å². The number of rotatable bonds is 3. The molecule has 0 bridgehead atoms. The van der Waals surface area contributed by atoms with Crippen LogP contribution in [0, 0.1) is 0 Å². The first-order valence-electron chi connectivity index (χ1n) is 6.06. The first-order valence-corrected chi connectivity index (χ1v) is 6.94. The van der Waals surface area contributed by atoms with Gasteiger partial charge in [-0.05, 0) is 11.9 Å². The molecule has 10 nitrogen and oxygen atoms in total. The maximum Gasteiger partial charge on any atom is 0.223 e. The van der Waals surface area contributed by atoms with Crippen LogP contribution in [0.2, 0.25) is 0 Å². The number of nitrogens with zero attached hydrogens (tertiary/aromatic N) is 4. The lowest BCUT2D eigenvalue weighted by Gasteiger charge is -2.16. The maximum atomic E-state index is 10.0. The zero-order chi connectivity index (χ0) is 15.1. The summed E-state index contributed by atoms with van der Waals surface area (Å²) in [5, 5.41) is 34.9. The first-order chi connectivity index (χ1) is 10.1. The minimum Gasteiger partial charge on any atom is -0.394 e. The van der Waals surface area contributed by atoms with Crippen LogP contribution in [0.3, 0.4) is 0 Å². The molecule has 11 heteroatoms. The van der Waals surface area contributed by atoms with Crippen molar-refractivity contribution in [2.75, 3.05) is 12.3 Å². The molecule has 4 atom stereocenters. The van der Waals surface area contributed by atoms with E-state index in [-0.39, 0.29) is 5.95 Å². The van der Waals surface area contributed by atoms with Gasteiger partial charge in [0.05, 0.1) is 12.9 Å². The van der Waals surface area contributed by atoms with E-state index in [2.05, 4.69) is 15.0 Å². The van der Waals surface area contributed by atoms with Crippen LogP contribution in [0.5, 0.6) is 0 Å². The van der Waals surface area contributed by atoms with Crippen LogP contribution < -0.4 is 10.9 Å². The molecule has 7 N–H and O–H groups in total. The zero-order valence-corrected chi connectivity index (χ0v) is 11.5. The molecular formula is C10H14N6O4S. The minimum absolute atomic E-state index is 0.00365. The second kappa shape index (κ2) is 5.36. The van der Waals surface area contributed by atoms with E-state index in [4.69, 9.17) is 20.7 Å². The van der Waals surface area contributed by atoms with E-state index in [1.54, 1.807) is 0 Å². The third-order valence-corrected chi connectivity index (χ3v) is 3.82. The minimum atomic E-state index is -1.23. The number of nitrogens with two attached hydrogens (primary N) is 2. The molecule has 1 saturated heterocycles. The van der Waals surface area contributed by atoms with E-state index in [1.165, 1.54) is 10.9 Å². The van der Waals surface area contributed by atoms with Crippen molar-refractivity contribution in [2.24, 2.45) is 5.14 Å². The molecule has 0 saturated carbocycles. The van der Waals surface area contributed by atoms with Gasteiger partial charge in [0.25, 0.3) is 0 Å². The van der Waals surface area contributed by atoms with Crippen LogP contribution in [0.4, 0.5) is 5.95 Å². The fourth-order valence-electron chi connectivity index (χ4n) is 2.28. The zero-order valence-electron chi connectivity index (χ0n) is 10.7. The van der Waals surface area contributed by atoms with Crippen molar-refractivity contribution in [3.8, 4) is 0 Å². The van der Waals surface area contributed by atoms with Gasteiger partial charge in [0, 0.05) is 0 Å². The summed E-state index contributed by atoms with van der Waals surface area (Å²) in [5.41, 5.74) is 6.35. The summed E-state index contributed by atoms with van der Waals surface area (Å²) < 4.78 is 6.86. The van der Waals surface area contributed by atoms with Crippen LogP contribution in [0.25, 0.3) is 11.2 Å². The molecule has 3 rings (SSSR count). The molecule has 2 aromatic rings. The smallest absolute Gasteiger partial charge is 0.223 e. The van der Waals surface area contributed by atoms with Crippen LogP contribution >= 0.6 is 11.9 Å². The average Bonchev–Trinajstić information content (AvgIpc) is 3.01. The lowest BCUT2D eigenvalue weighted by molar-refractivity contribution is -0.0511. The van der Waals surface area contributed by atoms with Gasteiger partial charge in [-0.25, -0.2) is 9.97 Å². The summed E-state index contributed by atoms with van der Waals surface area (Å²) in [6.07, 6.45) is -2.87. The third-order valence-electron chi connectivity index (χ3n) is 3.31. The average molecular weight is 314 g/mol. The van der Waals surface area contributed by atoms with Gasteiger partial charge in [0.1, 0.15) is 28.9 Å². The van der Waals surface area contributed by atoms with Gasteiger partial charge in [-0.2, -0.15) is 4.98 Å². The third kappa shape index (κ3) is 2.23. The monoisotopic (exact) mass is 314 g/mol. The lowest BCUT2D eigenvalue weighted by Crippen LogP contribution is -2.33. The molecule has 1 aliphatic heterocycles. The fraction of sp³-hybridized carbons (Fsp3) is 0.500. The summed E-state index contributed by atoms with van der Waals surface area (Å²) in [6, 6.07) is 0. The molecule has 0 amide bonds. The van der Waals surface area contributed by atoms with E-state index < -0.39 is 31.1 Å². The molecule has 0 spiro atoms. The van der Waals surface area contributed by atoms with E-state index in [0.717, 1.165) is 11.9 Å². The van der Waals surface area contributed by atoms with Gasteiger partial charge in [-0.15, -0.1) is 0 Å². The number of nitrogen functional groups attached to an aromatic ring is 1. The Balaban J connectivity index is 2.07. The lowest BCUT2D eigenvalue weighted by atomic mass is 10.1. The predicted molar refractivity (Wildman–Crippen MR) is 72.8 cm³/mol. The highest BCUT2D eigenvalue weighted by Gasteiger charge is 2.44. The number of aliphatic hydroxyl groups is 3. The molecule has 2 aromatic heterocycles. The van der Waals surface area contributed by atoms with Crippen molar-refractivity contribution < 1.29 is 20.1 Å². The number of aliphatic hydroxyl groups excluding tert-OH is 3. The Labute approximate surface area is 122 Å². The Morgan fingerprint density at radius 3 is 2.71 bits per heavy atom. The molecule has 0 aliphatic carbocycles. The van der Waals surface area contributed by atoms with Crippen LogP contribution in [-0.2, 0) is 4.74 Å². The number of fused-ring (bicyclic) bond motifs is 1. The van der Waals surface area contributed by atoms with Crippen LogP contribution in [0.1, 0.15) is 6.23 Å². The second-order valence-corrected chi connectivity index (χ2v) is 5.18. The number of anilines is 1. The molecule has 0 aromatic carbocycles. The normalized spacial score (nSPS) is 29.3. The highest BCUT2D eigenvalue weighted by Crippen LogP contribution is 2.32. The van der Waals surface area contributed by atoms with Crippen molar-refractivity contribution >= 4 is 29.1 Å². The Kier molecular flexibility index (Phi) is 3.69. The number of hydrogen-bond acceptors (Lipinski definition) is 10. The van der Waals surface area contributed by atoms with E-state index >= 15 is 0 Å². The summed E-state index contributed by atoms with van der Waals surface area (Å²) >= 11 is 0.875. The van der Waals surface area contributed by atoms with E-state index in [0.29, 0.717) is 16.2 Å². The van der Waals surface area contributed by atoms with E-state index in [9.17, 15) is 10.2 Å². The summed E-state index contributed by atoms with van der Waals surface area (Å²) in [5.74, 6) is 0.00365. The Hall–Kier alpha value is -1.50. The Bertz CT molecular complexity index is 666. The quantitative estimate of drug-likeness (QED) is 0.315. The van der Waals surface area contributed by atoms with Gasteiger partial charge < -0.3 is 25.8 Å². The van der Waals surface area contributed by atoms with Gasteiger partial charge in [-0.3, -0.25) is 9.71 Å². The Morgan fingerprint density at radius 1 is 1.33 bits per heavy atom. The predicted octanol–water partition coefficient (Wildman–Crippen LogP) is -2.01. The van der Waals surface area contributed by atoms with Gasteiger partial charge in [0.15, 0.2) is 11.9 Å². The van der Waals surface area contributed by atoms with Crippen molar-refractivity contribution in [3.05, 3.63) is 6.33 Å². The van der Waals surface area contributed by atoms with Crippen molar-refractivity contribution in [2.45, 2.75) is 29.6 Å².